The number of aliphatic hydroxyl groups excluding tert-OH is 1. The first-order chi connectivity index (χ1) is 16.8. The van der Waals surface area contributed by atoms with E-state index in [0.29, 0.717) is 5.57 Å². The van der Waals surface area contributed by atoms with Crippen LogP contribution in [0.5, 0.6) is 0 Å². The number of hydrogen-bond acceptors (Lipinski definition) is 11. The average molecular weight is 523 g/mol. The minimum Gasteiger partial charge on any atom is -0.477 e. The molecule has 2 aliphatic heterocycles. The number of aromatic nitrogens is 3. The summed E-state index contributed by atoms with van der Waals surface area (Å²) in [7, 11) is 1.26. The molecular weight excluding hydrogens is 500 g/mol. The van der Waals surface area contributed by atoms with Gasteiger partial charge in [-0.2, -0.15) is 0 Å². The first kappa shape index (κ1) is 24.5. The van der Waals surface area contributed by atoms with Crippen LogP contribution in [0.15, 0.2) is 34.1 Å². The SMILES string of the molecule is CON=C(C(=O)NC1C(=O)N2C(C(=O)O)=C(Cn3ccc(=N)n3CCO)CS[C@@H]12)c1csc(N)n1. The topological polar surface area (TPSA) is 201 Å². The lowest BCUT2D eigenvalue weighted by Gasteiger charge is -2.49. The van der Waals surface area contributed by atoms with E-state index in [1.54, 1.807) is 10.9 Å². The van der Waals surface area contributed by atoms with E-state index in [0.717, 1.165) is 16.2 Å². The van der Waals surface area contributed by atoms with E-state index >= 15 is 0 Å². The molecule has 1 unspecified atom stereocenters. The molecule has 2 aliphatic rings. The van der Waals surface area contributed by atoms with E-state index in [4.69, 9.17) is 16.0 Å². The summed E-state index contributed by atoms with van der Waals surface area (Å²) in [6, 6.07) is 0.567. The van der Waals surface area contributed by atoms with Gasteiger partial charge in [0.2, 0.25) is 0 Å². The minimum atomic E-state index is -1.27. The van der Waals surface area contributed by atoms with Crippen molar-refractivity contribution in [2.45, 2.75) is 24.5 Å². The highest BCUT2D eigenvalue weighted by molar-refractivity contribution is 8.00. The number of nitrogens with two attached hydrogens (primary N) is 1. The summed E-state index contributed by atoms with van der Waals surface area (Å²) in [6.45, 7) is 0.108. The normalized spacial score (nSPS) is 19.9. The van der Waals surface area contributed by atoms with Crippen molar-refractivity contribution >= 4 is 51.7 Å². The molecule has 6 N–H and O–H groups in total. The third-order valence-electron chi connectivity index (χ3n) is 5.36. The van der Waals surface area contributed by atoms with Crippen LogP contribution in [0.4, 0.5) is 5.13 Å². The van der Waals surface area contributed by atoms with Gasteiger partial charge in [-0.15, -0.1) is 23.1 Å². The Bertz CT molecular complexity index is 1290. The second-order valence-corrected chi connectivity index (χ2v) is 9.45. The van der Waals surface area contributed by atoms with E-state index in [9.17, 15) is 24.6 Å². The molecule has 186 valence electrons. The van der Waals surface area contributed by atoms with E-state index in [-0.39, 0.29) is 53.2 Å². The summed E-state index contributed by atoms with van der Waals surface area (Å²) in [6.07, 6.45) is 1.62. The number of hydrogen-bond donors (Lipinski definition) is 5. The Labute approximate surface area is 206 Å². The molecule has 16 heteroatoms. The number of nitrogens with one attached hydrogen (secondary N) is 2. The second kappa shape index (κ2) is 9.93. The largest absolute Gasteiger partial charge is 0.477 e. The van der Waals surface area contributed by atoms with Gasteiger partial charge in [-0.1, -0.05) is 5.16 Å². The van der Waals surface area contributed by atoms with E-state index in [1.165, 1.54) is 35.0 Å². The number of oxime groups is 1. The number of carboxylic acid groups (broad SMARTS) is 1. The van der Waals surface area contributed by atoms with Gasteiger partial charge in [-0.3, -0.25) is 29.3 Å². The molecule has 0 spiro atoms. The molecule has 1 fully saturated rings. The maximum absolute atomic E-state index is 13.0. The average Bonchev–Trinajstić information content (AvgIpc) is 3.41. The summed E-state index contributed by atoms with van der Waals surface area (Å²) in [5.74, 6) is -2.26. The van der Waals surface area contributed by atoms with Crippen LogP contribution >= 0.6 is 23.1 Å². The van der Waals surface area contributed by atoms with Crippen LogP contribution in [0.2, 0.25) is 0 Å². The lowest BCUT2D eigenvalue weighted by atomic mass is 10.0. The Morgan fingerprint density at radius 3 is 2.86 bits per heavy atom. The minimum absolute atomic E-state index is 0.122. The highest BCUT2D eigenvalue weighted by atomic mass is 32.2. The second-order valence-electron chi connectivity index (χ2n) is 7.46. The number of thiazole rings is 1. The molecule has 14 nitrogen and oxygen atoms in total. The number of aliphatic carboxylic acids is 1. The lowest BCUT2D eigenvalue weighted by molar-refractivity contribution is -0.150. The molecule has 0 aliphatic carbocycles. The molecule has 2 amide bonds. The van der Waals surface area contributed by atoms with Crippen LogP contribution < -0.4 is 16.5 Å². The molecule has 0 radical (unpaired) electrons. The number of carboxylic acids is 1. The standard InChI is InChI=1S/C19H22N8O6S2/c1-33-24-12(10-8-35-19(21)22-10)15(29)23-13-16(30)27-14(18(31)32)9(7-34-17(13)27)6-25-3-2-11(20)26(25)4-5-28/h2-3,8,13,17,20,28H,4-7H2,1H3,(H2,21,22)(H,23,29)(H,31,32)/t13?,17-/m0/s1. The zero-order valence-corrected chi connectivity index (χ0v) is 20.0. The van der Waals surface area contributed by atoms with Gasteiger partial charge >= 0.3 is 5.97 Å². The van der Waals surface area contributed by atoms with Crippen LogP contribution in [0.1, 0.15) is 5.69 Å². The highest BCUT2D eigenvalue weighted by Crippen LogP contribution is 2.40. The molecule has 0 aromatic carbocycles. The summed E-state index contributed by atoms with van der Waals surface area (Å²) in [5.41, 5.74) is 6.14. The number of anilines is 1. The number of nitrogens with zero attached hydrogens (tertiary/aromatic N) is 5. The fourth-order valence-corrected chi connectivity index (χ4v) is 5.73. The number of nitrogen functional groups attached to an aromatic ring is 1. The molecule has 1 saturated heterocycles. The van der Waals surface area contributed by atoms with Crippen LogP contribution in [-0.4, -0.2) is 83.8 Å². The molecule has 4 heterocycles. The van der Waals surface area contributed by atoms with Crippen molar-refractivity contribution < 1.29 is 29.4 Å². The molecule has 2 atom stereocenters. The highest BCUT2D eigenvalue weighted by Gasteiger charge is 2.54. The Morgan fingerprint density at radius 2 is 2.23 bits per heavy atom. The number of thioether (sulfide) groups is 1. The fourth-order valence-electron chi connectivity index (χ4n) is 3.85. The number of β-lactam (4-membered cyclic amide) rings is 1. The molecule has 0 bridgehead atoms. The maximum Gasteiger partial charge on any atom is 0.352 e. The first-order valence-corrected chi connectivity index (χ1v) is 12.1. The van der Waals surface area contributed by atoms with Gasteiger partial charge in [0, 0.05) is 17.3 Å². The van der Waals surface area contributed by atoms with Crippen molar-refractivity contribution in [1.29, 1.82) is 5.41 Å². The Balaban J connectivity index is 1.55. The van der Waals surface area contributed by atoms with Gasteiger partial charge in [0.15, 0.2) is 10.8 Å². The van der Waals surface area contributed by atoms with Gasteiger partial charge in [0.25, 0.3) is 11.8 Å². The van der Waals surface area contributed by atoms with Crippen molar-refractivity contribution in [3.63, 3.8) is 0 Å². The first-order valence-electron chi connectivity index (χ1n) is 10.2. The molecular formula is C19H22N8O6S2. The Morgan fingerprint density at radius 1 is 1.46 bits per heavy atom. The van der Waals surface area contributed by atoms with Crippen molar-refractivity contribution in [2.75, 3.05) is 25.2 Å². The van der Waals surface area contributed by atoms with Crippen molar-refractivity contribution in [3.05, 3.63) is 40.1 Å². The third-order valence-corrected chi connectivity index (χ3v) is 7.37. The predicted molar refractivity (Wildman–Crippen MR) is 125 cm³/mol. The van der Waals surface area contributed by atoms with E-state index in [1.807, 2.05) is 0 Å². The van der Waals surface area contributed by atoms with Crippen LogP contribution in [0, 0.1) is 5.41 Å². The number of carbonyl (C=O) groups excluding carboxylic acids is 2. The van der Waals surface area contributed by atoms with Gasteiger partial charge in [0.1, 0.15) is 35.4 Å². The quantitative estimate of drug-likeness (QED) is 0.149. The van der Waals surface area contributed by atoms with Gasteiger partial charge in [-0.25, -0.2) is 9.78 Å². The Kier molecular flexibility index (Phi) is 6.95. The third kappa shape index (κ3) is 4.54. The maximum atomic E-state index is 13.0. The van der Waals surface area contributed by atoms with Crippen LogP contribution in [-0.2, 0) is 32.3 Å². The monoisotopic (exact) mass is 522 g/mol. The van der Waals surface area contributed by atoms with E-state index in [2.05, 4.69) is 15.5 Å². The lowest BCUT2D eigenvalue weighted by Crippen LogP contribution is -2.71. The van der Waals surface area contributed by atoms with Crippen molar-refractivity contribution in [1.82, 2.24) is 24.6 Å². The molecule has 2 aromatic rings. The van der Waals surface area contributed by atoms with Crippen molar-refractivity contribution in [2.24, 2.45) is 5.16 Å². The molecule has 4 rings (SSSR count). The Hall–Kier alpha value is -3.63. The van der Waals surface area contributed by atoms with Gasteiger partial charge in [0.05, 0.1) is 19.7 Å². The zero-order chi connectivity index (χ0) is 25.3. The smallest absolute Gasteiger partial charge is 0.352 e. The summed E-state index contributed by atoms with van der Waals surface area (Å²) >= 11 is 2.43. The zero-order valence-electron chi connectivity index (χ0n) is 18.4. The number of fused-ring (bicyclic) bond motifs is 1. The van der Waals surface area contributed by atoms with E-state index < -0.39 is 29.2 Å². The van der Waals surface area contributed by atoms with Crippen LogP contribution in [0.25, 0.3) is 0 Å². The van der Waals surface area contributed by atoms with Gasteiger partial charge in [-0.05, 0) is 11.6 Å². The van der Waals surface area contributed by atoms with Crippen molar-refractivity contribution in [3.8, 4) is 0 Å². The number of aliphatic hydroxyl groups is 1. The molecule has 35 heavy (non-hydrogen) atoms. The number of amides is 2. The summed E-state index contributed by atoms with van der Waals surface area (Å²) in [4.78, 5) is 47.8. The molecule has 2 aromatic heterocycles. The number of carbonyl (C=O) groups is 3. The predicted octanol–water partition coefficient (Wildman–Crippen LogP) is -1.41. The molecule has 0 saturated carbocycles. The summed E-state index contributed by atoms with van der Waals surface area (Å²) in [5, 5.41) is 34.5. The summed E-state index contributed by atoms with van der Waals surface area (Å²) < 4.78 is 3.13. The fraction of sp³-hybridized carbons (Fsp3) is 0.368. The van der Waals surface area contributed by atoms with Crippen LogP contribution in [0.3, 0.4) is 0 Å². The van der Waals surface area contributed by atoms with Gasteiger partial charge < -0.3 is 26.1 Å². The number of rotatable bonds is 9.